The van der Waals surface area contributed by atoms with Crippen LogP contribution in [0.5, 0.6) is 5.75 Å². The van der Waals surface area contributed by atoms with Gasteiger partial charge in [-0.05, 0) is 23.6 Å². The van der Waals surface area contributed by atoms with Gasteiger partial charge in [-0.1, -0.05) is 18.2 Å². The predicted octanol–water partition coefficient (Wildman–Crippen LogP) is 2.74. The van der Waals surface area contributed by atoms with E-state index >= 15 is 0 Å². The van der Waals surface area contributed by atoms with E-state index in [-0.39, 0.29) is 22.9 Å². The molecule has 2 N–H and O–H groups in total. The number of benzene rings is 1. The zero-order valence-electron chi connectivity index (χ0n) is 12.5. The van der Waals surface area contributed by atoms with Gasteiger partial charge in [-0.15, -0.1) is 11.3 Å². The fourth-order valence-electron chi connectivity index (χ4n) is 2.99. The zero-order valence-corrected chi connectivity index (χ0v) is 13.3. The summed E-state index contributed by atoms with van der Waals surface area (Å²) in [6.07, 6.45) is 0.585. The lowest BCUT2D eigenvalue weighted by Crippen LogP contribution is -2.24. The Hall–Kier alpha value is -2.60. The first-order valence-electron chi connectivity index (χ1n) is 7.33. The molecule has 1 aromatic carbocycles. The van der Waals surface area contributed by atoms with Gasteiger partial charge in [0.1, 0.15) is 11.3 Å². The highest BCUT2D eigenvalue weighted by Gasteiger charge is 2.27. The Labute approximate surface area is 136 Å². The molecule has 2 aromatic heterocycles. The van der Waals surface area contributed by atoms with Gasteiger partial charge in [0.15, 0.2) is 0 Å². The van der Waals surface area contributed by atoms with Gasteiger partial charge < -0.3 is 15.1 Å². The zero-order chi connectivity index (χ0) is 16.0. The van der Waals surface area contributed by atoms with Gasteiger partial charge in [0.05, 0.1) is 17.3 Å². The van der Waals surface area contributed by atoms with Crippen LogP contribution in [0.1, 0.15) is 22.9 Å². The van der Waals surface area contributed by atoms with E-state index in [9.17, 15) is 9.90 Å². The molecule has 0 unspecified atom stereocenters. The summed E-state index contributed by atoms with van der Waals surface area (Å²) in [4.78, 5) is 13.8. The first kappa shape index (κ1) is 14.0. The van der Waals surface area contributed by atoms with Gasteiger partial charge in [-0.2, -0.15) is 5.10 Å². The lowest BCUT2D eigenvalue weighted by Gasteiger charge is -2.11. The second kappa shape index (κ2) is 5.24. The highest BCUT2D eigenvalue weighted by Crippen LogP contribution is 2.32. The molecule has 0 radical (unpaired) electrons. The largest absolute Gasteiger partial charge is 0.506 e. The molecule has 0 amide bonds. The van der Waals surface area contributed by atoms with Crippen LogP contribution in [0.15, 0.2) is 51.7 Å². The van der Waals surface area contributed by atoms with Crippen molar-refractivity contribution in [2.45, 2.75) is 12.5 Å². The topological polar surface area (TPSA) is 66.6 Å². The van der Waals surface area contributed by atoms with Crippen LogP contribution in [-0.2, 0) is 7.05 Å². The quantitative estimate of drug-likeness (QED) is 0.761. The van der Waals surface area contributed by atoms with Gasteiger partial charge in [0.25, 0.3) is 5.56 Å². The van der Waals surface area contributed by atoms with Crippen LogP contribution in [0, 0.1) is 0 Å². The maximum Gasteiger partial charge on any atom is 0.263 e. The first-order valence-corrected chi connectivity index (χ1v) is 8.21. The van der Waals surface area contributed by atoms with Gasteiger partial charge in [-0.3, -0.25) is 4.79 Å². The fourth-order valence-corrected chi connectivity index (χ4v) is 3.76. The molecule has 0 spiro atoms. The molecule has 6 heteroatoms. The van der Waals surface area contributed by atoms with E-state index in [1.54, 1.807) is 23.0 Å². The molecule has 3 aromatic rings. The van der Waals surface area contributed by atoms with E-state index in [1.165, 1.54) is 4.88 Å². The molecule has 0 aliphatic carbocycles. The number of pyridine rings is 1. The Morgan fingerprint density at radius 2 is 2.13 bits per heavy atom. The Morgan fingerprint density at radius 1 is 1.30 bits per heavy atom. The molecule has 0 saturated carbocycles. The number of nitrogens with zero attached hydrogens (tertiary/aromatic N) is 2. The summed E-state index contributed by atoms with van der Waals surface area (Å²) in [7, 11) is 1.72. The third-order valence-electron chi connectivity index (χ3n) is 4.20. The van der Waals surface area contributed by atoms with E-state index in [0.29, 0.717) is 23.0 Å². The number of rotatable bonds is 2. The molecular formula is C17H15N3O2S. The van der Waals surface area contributed by atoms with Crippen LogP contribution in [-0.4, -0.2) is 15.4 Å². The van der Waals surface area contributed by atoms with Crippen molar-refractivity contribution in [3.63, 3.8) is 0 Å². The molecule has 23 heavy (non-hydrogen) atoms. The molecule has 0 bridgehead atoms. The minimum atomic E-state index is -0.228. The molecule has 1 atom stereocenters. The molecular weight excluding hydrogens is 310 g/mol. The number of hydrogen-bond acceptors (Lipinski definition) is 5. The number of para-hydroxylation sites is 1. The lowest BCUT2D eigenvalue weighted by atomic mass is 10.0. The highest BCUT2D eigenvalue weighted by atomic mass is 32.1. The summed E-state index contributed by atoms with van der Waals surface area (Å²) in [5.74, 6) is 0.0103. The van der Waals surface area contributed by atoms with Gasteiger partial charge >= 0.3 is 0 Å². The highest BCUT2D eigenvalue weighted by molar-refractivity contribution is 7.10. The number of aryl methyl sites for hydroxylation is 1. The van der Waals surface area contributed by atoms with Crippen molar-refractivity contribution in [2.75, 3.05) is 0 Å². The molecule has 116 valence electrons. The summed E-state index contributed by atoms with van der Waals surface area (Å²) >= 11 is 1.65. The maximum absolute atomic E-state index is 12.7. The fraction of sp³-hybridized carbons (Fsp3) is 0.176. The molecule has 5 nitrogen and oxygen atoms in total. The standard InChI is InChI=1S/C17H15N3O2S/c1-20-13-6-3-2-5-10(13)16(21)15(17(20)22)12-9-11(18-19-12)14-7-4-8-23-14/h2-8,11,18,21H,9H2,1H3/t11-/m0/s1. The minimum Gasteiger partial charge on any atom is -0.506 e. The van der Waals surface area contributed by atoms with Crippen molar-refractivity contribution < 1.29 is 5.11 Å². The molecule has 0 fully saturated rings. The predicted molar refractivity (Wildman–Crippen MR) is 92.2 cm³/mol. The summed E-state index contributed by atoms with van der Waals surface area (Å²) in [5, 5.41) is 17.6. The minimum absolute atomic E-state index is 0.0103. The molecule has 1 aliphatic rings. The third-order valence-corrected chi connectivity index (χ3v) is 5.19. The molecule has 1 aliphatic heterocycles. The van der Waals surface area contributed by atoms with Crippen molar-refractivity contribution in [2.24, 2.45) is 12.1 Å². The number of hydrazone groups is 1. The van der Waals surface area contributed by atoms with Crippen LogP contribution in [0.3, 0.4) is 0 Å². The van der Waals surface area contributed by atoms with Gasteiger partial charge in [0, 0.05) is 23.7 Å². The normalized spacial score (nSPS) is 17.3. The van der Waals surface area contributed by atoms with E-state index < -0.39 is 0 Å². The summed E-state index contributed by atoms with van der Waals surface area (Å²) in [6.45, 7) is 0. The average molecular weight is 325 g/mol. The van der Waals surface area contributed by atoms with Crippen molar-refractivity contribution >= 4 is 28.0 Å². The Bertz CT molecular complexity index is 973. The maximum atomic E-state index is 12.7. The Morgan fingerprint density at radius 3 is 2.91 bits per heavy atom. The van der Waals surface area contributed by atoms with Crippen molar-refractivity contribution in [3.8, 4) is 5.75 Å². The monoisotopic (exact) mass is 325 g/mol. The number of thiophene rings is 1. The van der Waals surface area contributed by atoms with Crippen molar-refractivity contribution in [3.05, 3.63) is 62.6 Å². The van der Waals surface area contributed by atoms with Crippen molar-refractivity contribution in [1.82, 2.24) is 9.99 Å². The van der Waals surface area contributed by atoms with E-state index in [1.807, 2.05) is 41.8 Å². The third kappa shape index (κ3) is 2.14. The van der Waals surface area contributed by atoms with Gasteiger partial charge in [-0.25, -0.2) is 0 Å². The number of hydrogen-bond donors (Lipinski definition) is 2. The Balaban J connectivity index is 1.83. The Kier molecular flexibility index (Phi) is 3.20. The first-order chi connectivity index (χ1) is 11.2. The summed E-state index contributed by atoms with van der Waals surface area (Å²) in [5.41, 5.74) is 4.44. The number of fused-ring (bicyclic) bond motifs is 1. The number of aromatic nitrogens is 1. The summed E-state index contributed by atoms with van der Waals surface area (Å²) < 4.78 is 1.56. The van der Waals surface area contributed by atoms with E-state index in [4.69, 9.17) is 0 Å². The molecule has 3 heterocycles. The second-order valence-corrected chi connectivity index (χ2v) is 6.54. The van der Waals surface area contributed by atoms with Crippen molar-refractivity contribution in [1.29, 1.82) is 0 Å². The summed E-state index contributed by atoms with van der Waals surface area (Å²) in [6, 6.07) is 11.4. The van der Waals surface area contributed by atoms with Crippen LogP contribution < -0.4 is 11.0 Å². The van der Waals surface area contributed by atoms with E-state index in [0.717, 1.165) is 0 Å². The SMILES string of the molecule is Cn1c(=O)c(C2=NN[C@H](c3cccs3)C2)c(O)c2ccccc21. The smallest absolute Gasteiger partial charge is 0.263 e. The lowest BCUT2D eigenvalue weighted by molar-refractivity contribution is 0.478. The average Bonchev–Trinajstić information content (AvgIpc) is 3.24. The van der Waals surface area contributed by atoms with Crippen LogP contribution >= 0.6 is 11.3 Å². The van der Waals surface area contributed by atoms with Crippen LogP contribution in [0.2, 0.25) is 0 Å². The van der Waals surface area contributed by atoms with Crippen LogP contribution in [0.25, 0.3) is 10.9 Å². The number of aromatic hydroxyl groups is 1. The second-order valence-electron chi connectivity index (χ2n) is 5.56. The van der Waals surface area contributed by atoms with E-state index in [2.05, 4.69) is 10.5 Å². The van der Waals surface area contributed by atoms with Gasteiger partial charge in [0.2, 0.25) is 0 Å². The number of nitrogens with one attached hydrogen (secondary N) is 1. The molecule has 4 rings (SSSR count). The van der Waals surface area contributed by atoms with Crippen LogP contribution in [0.4, 0.5) is 0 Å². The molecule has 0 saturated heterocycles.